The van der Waals surface area contributed by atoms with Crippen molar-refractivity contribution >= 4 is 40.0 Å². The molecule has 1 aromatic carbocycles. The summed E-state index contributed by atoms with van der Waals surface area (Å²) in [6.45, 7) is 0. The van der Waals surface area contributed by atoms with E-state index in [1.807, 2.05) is 12.1 Å². The zero-order valence-corrected chi connectivity index (χ0v) is 12.9. The van der Waals surface area contributed by atoms with Gasteiger partial charge < -0.3 is 5.32 Å². The van der Waals surface area contributed by atoms with Crippen molar-refractivity contribution in [2.45, 2.75) is 51.0 Å². The fraction of sp³-hybridized carbons (Fsp3) is 0.600. The average molecular weight is 308 g/mol. The van der Waals surface area contributed by atoms with Crippen molar-refractivity contribution in [3.05, 3.63) is 17.2 Å². The van der Waals surface area contributed by atoms with Gasteiger partial charge in [-0.1, -0.05) is 30.9 Å². The van der Waals surface area contributed by atoms with Gasteiger partial charge in [-0.05, 0) is 43.2 Å². The van der Waals surface area contributed by atoms with E-state index in [4.69, 9.17) is 11.6 Å². The van der Waals surface area contributed by atoms with Crippen molar-refractivity contribution in [2.24, 2.45) is 5.41 Å². The summed E-state index contributed by atoms with van der Waals surface area (Å²) in [5, 5.41) is 4.48. The number of rotatable bonds is 2. The lowest BCUT2D eigenvalue weighted by molar-refractivity contribution is 0.0572. The molecule has 2 aliphatic carbocycles. The second-order valence-electron chi connectivity index (χ2n) is 6.21. The van der Waals surface area contributed by atoms with Crippen LogP contribution in [0.15, 0.2) is 12.1 Å². The highest BCUT2D eigenvalue weighted by Gasteiger charge is 2.47. The molecule has 0 amide bonds. The van der Waals surface area contributed by atoms with E-state index in [2.05, 4.69) is 14.1 Å². The Bertz CT molecular complexity index is 633. The lowest BCUT2D eigenvalue weighted by Gasteiger charge is -2.52. The van der Waals surface area contributed by atoms with Crippen molar-refractivity contribution in [3.63, 3.8) is 0 Å². The Labute approximate surface area is 128 Å². The molecular weight excluding hydrogens is 290 g/mol. The molecule has 2 aromatic rings. The summed E-state index contributed by atoms with van der Waals surface area (Å²) in [6, 6.07) is 4.44. The minimum atomic E-state index is 0.521. The van der Waals surface area contributed by atoms with Crippen LogP contribution in [0.25, 0.3) is 11.0 Å². The van der Waals surface area contributed by atoms with Gasteiger partial charge in [-0.15, -0.1) is 0 Å². The number of benzene rings is 1. The van der Waals surface area contributed by atoms with Gasteiger partial charge in [0.25, 0.3) is 0 Å². The largest absolute Gasteiger partial charge is 0.379 e. The molecule has 5 heteroatoms. The van der Waals surface area contributed by atoms with Crippen LogP contribution < -0.4 is 5.32 Å². The SMILES string of the molecule is Clc1ccc2nsnc2c1NC1CCC12CCCCC2. The van der Waals surface area contributed by atoms with E-state index in [-0.39, 0.29) is 0 Å². The van der Waals surface area contributed by atoms with E-state index in [9.17, 15) is 0 Å². The third kappa shape index (κ3) is 1.92. The first-order valence-corrected chi connectivity index (χ1v) is 8.57. The highest BCUT2D eigenvalue weighted by molar-refractivity contribution is 7.00. The number of hydrogen-bond acceptors (Lipinski definition) is 4. The second kappa shape index (κ2) is 4.85. The zero-order valence-electron chi connectivity index (χ0n) is 11.4. The van der Waals surface area contributed by atoms with Gasteiger partial charge in [-0.3, -0.25) is 0 Å². The summed E-state index contributed by atoms with van der Waals surface area (Å²) in [6.07, 6.45) is 9.53. The van der Waals surface area contributed by atoms with E-state index in [0.717, 1.165) is 21.7 Å². The van der Waals surface area contributed by atoms with E-state index in [1.54, 1.807) is 0 Å². The summed E-state index contributed by atoms with van der Waals surface area (Å²) in [7, 11) is 0. The van der Waals surface area contributed by atoms with Gasteiger partial charge in [0.2, 0.25) is 0 Å². The van der Waals surface area contributed by atoms with Crippen molar-refractivity contribution in [2.75, 3.05) is 5.32 Å². The van der Waals surface area contributed by atoms with Crippen LogP contribution in [-0.4, -0.2) is 14.8 Å². The minimum Gasteiger partial charge on any atom is -0.379 e. The van der Waals surface area contributed by atoms with Crippen molar-refractivity contribution in [1.29, 1.82) is 0 Å². The highest BCUT2D eigenvalue weighted by atomic mass is 35.5. The van der Waals surface area contributed by atoms with Gasteiger partial charge >= 0.3 is 0 Å². The van der Waals surface area contributed by atoms with Gasteiger partial charge in [0.05, 0.1) is 22.4 Å². The van der Waals surface area contributed by atoms with Crippen LogP contribution in [0.4, 0.5) is 5.69 Å². The lowest BCUT2D eigenvalue weighted by Crippen LogP contribution is -2.50. The molecule has 0 aliphatic heterocycles. The predicted molar refractivity (Wildman–Crippen MR) is 84.6 cm³/mol. The fourth-order valence-electron chi connectivity index (χ4n) is 3.91. The Kier molecular flexibility index (Phi) is 3.11. The highest BCUT2D eigenvalue weighted by Crippen LogP contribution is 2.53. The molecule has 3 nitrogen and oxygen atoms in total. The van der Waals surface area contributed by atoms with Gasteiger partial charge in [-0.2, -0.15) is 8.75 Å². The number of aromatic nitrogens is 2. The van der Waals surface area contributed by atoms with E-state index in [0.29, 0.717) is 11.5 Å². The maximum atomic E-state index is 6.39. The molecule has 0 saturated heterocycles. The standard InChI is InChI=1S/C15H18ClN3S/c16-10-4-5-11-14(19-20-18-11)13(10)17-12-6-9-15(12)7-2-1-3-8-15/h4-5,12,17H,1-3,6-9H2. The molecule has 0 bridgehead atoms. The number of halogens is 1. The number of nitrogens with one attached hydrogen (secondary N) is 1. The molecule has 1 heterocycles. The van der Waals surface area contributed by atoms with Crippen LogP contribution >= 0.6 is 23.3 Å². The normalized spacial score (nSPS) is 24.8. The van der Waals surface area contributed by atoms with Crippen molar-refractivity contribution in [3.8, 4) is 0 Å². The molecule has 1 N–H and O–H groups in total. The molecule has 1 aromatic heterocycles. The Hall–Kier alpha value is -0.870. The third-order valence-electron chi connectivity index (χ3n) is 5.22. The summed E-state index contributed by atoms with van der Waals surface area (Å²) in [4.78, 5) is 0. The molecular formula is C15H18ClN3S. The maximum absolute atomic E-state index is 6.39. The smallest absolute Gasteiger partial charge is 0.129 e. The maximum Gasteiger partial charge on any atom is 0.129 e. The van der Waals surface area contributed by atoms with Crippen molar-refractivity contribution in [1.82, 2.24) is 8.75 Å². The van der Waals surface area contributed by atoms with Crippen LogP contribution in [0.5, 0.6) is 0 Å². The molecule has 4 rings (SSSR count). The molecule has 0 radical (unpaired) electrons. The summed E-state index contributed by atoms with van der Waals surface area (Å²) < 4.78 is 8.72. The second-order valence-corrected chi connectivity index (χ2v) is 7.15. The van der Waals surface area contributed by atoms with Crippen LogP contribution in [0.1, 0.15) is 44.9 Å². The topological polar surface area (TPSA) is 37.8 Å². The van der Waals surface area contributed by atoms with Crippen LogP contribution in [-0.2, 0) is 0 Å². The average Bonchev–Trinajstić information content (AvgIpc) is 2.94. The van der Waals surface area contributed by atoms with Gasteiger partial charge in [0, 0.05) is 6.04 Å². The van der Waals surface area contributed by atoms with E-state index >= 15 is 0 Å². The Morgan fingerprint density at radius 3 is 2.75 bits per heavy atom. The molecule has 1 unspecified atom stereocenters. The molecule has 1 atom stereocenters. The molecule has 1 spiro atoms. The Morgan fingerprint density at radius 2 is 2.00 bits per heavy atom. The number of anilines is 1. The lowest BCUT2D eigenvalue weighted by atomic mass is 9.57. The molecule has 2 fully saturated rings. The van der Waals surface area contributed by atoms with Crippen LogP contribution in [0.3, 0.4) is 0 Å². The molecule has 20 heavy (non-hydrogen) atoms. The fourth-order valence-corrected chi connectivity index (χ4v) is 4.66. The quantitative estimate of drug-likeness (QED) is 0.860. The number of hydrogen-bond donors (Lipinski definition) is 1. The number of nitrogens with zero attached hydrogens (tertiary/aromatic N) is 2. The molecule has 2 aliphatic rings. The third-order valence-corrected chi connectivity index (χ3v) is 6.07. The number of fused-ring (bicyclic) bond motifs is 1. The van der Waals surface area contributed by atoms with Gasteiger partial charge in [-0.25, -0.2) is 0 Å². The van der Waals surface area contributed by atoms with Crippen LogP contribution in [0.2, 0.25) is 5.02 Å². The summed E-state index contributed by atoms with van der Waals surface area (Å²) in [5.74, 6) is 0. The first-order valence-electron chi connectivity index (χ1n) is 7.46. The van der Waals surface area contributed by atoms with Gasteiger partial charge in [0.15, 0.2) is 0 Å². The predicted octanol–water partition coefficient (Wildman–Crippen LogP) is 4.87. The monoisotopic (exact) mass is 307 g/mol. The minimum absolute atomic E-state index is 0.521. The van der Waals surface area contributed by atoms with Crippen LogP contribution in [0, 0.1) is 5.41 Å². The van der Waals surface area contributed by atoms with E-state index < -0.39 is 0 Å². The van der Waals surface area contributed by atoms with Crippen molar-refractivity contribution < 1.29 is 0 Å². The van der Waals surface area contributed by atoms with Gasteiger partial charge in [0.1, 0.15) is 11.0 Å². The zero-order chi connectivity index (χ0) is 13.6. The summed E-state index contributed by atoms with van der Waals surface area (Å²) in [5.41, 5.74) is 3.39. The first-order chi connectivity index (χ1) is 9.78. The molecule has 2 saturated carbocycles. The Morgan fingerprint density at radius 1 is 1.15 bits per heavy atom. The Balaban J connectivity index is 1.64. The van der Waals surface area contributed by atoms with E-state index in [1.165, 1.54) is 56.7 Å². The summed E-state index contributed by atoms with van der Waals surface area (Å²) >= 11 is 7.64. The first kappa shape index (κ1) is 12.8. The molecule has 106 valence electrons.